The zero-order chi connectivity index (χ0) is 16.6. The van der Waals surface area contributed by atoms with Gasteiger partial charge in [-0.2, -0.15) is 4.98 Å². The van der Waals surface area contributed by atoms with Crippen molar-refractivity contribution in [2.75, 3.05) is 13.1 Å². The third-order valence-electron chi connectivity index (χ3n) is 4.65. The number of amides is 1. The minimum Gasteiger partial charge on any atom is -0.444 e. The highest BCUT2D eigenvalue weighted by molar-refractivity contribution is 5.68. The van der Waals surface area contributed by atoms with Crippen molar-refractivity contribution < 1.29 is 14.1 Å². The Morgan fingerprint density at radius 2 is 2.00 bits per heavy atom. The van der Waals surface area contributed by atoms with Crippen LogP contribution in [0, 0.1) is 11.8 Å². The molecule has 2 fully saturated rings. The van der Waals surface area contributed by atoms with Gasteiger partial charge < -0.3 is 14.2 Å². The molecule has 1 aliphatic carbocycles. The van der Waals surface area contributed by atoms with Crippen LogP contribution in [0.3, 0.4) is 0 Å². The van der Waals surface area contributed by atoms with E-state index in [2.05, 4.69) is 17.1 Å². The number of carbonyl (C=O) groups excluding carboxylic acids is 1. The van der Waals surface area contributed by atoms with E-state index in [-0.39, 0.29) is 6.09 Å². The van der Waals surface area contributed by atoms with Gasteiger partial charge in [0.15, 0.2) is 5.82 Å². The Morgan fingerprint density at radius 3 is 2.57 bits per heavy atom. The molecule has 0 unspecified atom stereocenters. The molecule has 0 N–H and O–H groups in total. The molecule has 1 aromatic rings. The van der Waals surface area contributed by atoms with Crippen molar-refractivity contribution in [3.05, 3.63) is 11.7 Å². The van der Waals surface area contributed by atoms with Gasteiger partial charge in [-0.1, -0.05) is 12.1 Å². The summed E-state index contributed by atoms with van der Waals surface area (Å²) < 4.78 is 10.8. The molecular weight excluding hydrogens is 294 g/mol. The van der Waals surface area contributed by atoms with Crippen molar-refractivity contribution >= 4 is 6.09 Å². The fraction of sp³-hybridized carbons (Fsp3) is 0.824. The molecule has 0 radical (unpaired) electrons. The molecule has 1 amide bonds. The van der Waals surface area contributed by atoms with Crippen LogP contribution in [-0.2, 0) is 11.2 Å². The lowest BCUT2D eigenvalue weighted by Crippen LogP contribution is -2.42. The van der Waals surface area contributed by atoms with Crippen LogP contribution >= 0.6 is 0 Å². The molecule has 1 saturated heterocycles. The number of piperidine rings is 1. The van der Waals surface area contributed by atoms with Gasteiger partial charge in [0, 0.05) is 25.4 Å². The lowest BCUT2D eigenvalue weighted by atomic mass is 9.94. The molecule has 0 bridgehead atoms. The molecule has 128 valence electrons. The van der Waals surface area contributed by atoms with E-state index in [9.17, 15) is 4.79 Å². The van der Waals surface area contributed by atoms with E-state index in [4.69, 9.17) is 9.26 Å². The Labute approximate surface area is 137 Å². The quantitative estimate of drug-likeness (QED) is 0.853. The molecular formula is C17H27N3O3. The number of rotatable bonds is 3. The van der Waals surface area contributed by atoms with Gasteiger partial charge in [0.25, 0.3) is 0 Å². The highest BCUT2D eigenvalue weighted by Crippen LogP contribution is 2.45. The second-order valence-corrected chi connectivity index (χ2v) is 7.98. The molecule has 6 nitrogen and oxygen atoms in total. The van der Waals surface area contributed by atoms with E-state index in [0.29, 0.717) is 17.8 Å². The number of hydrogen-bond acceptors (Lipinski definition) is 5. The normalized spacial score (nSPS) is 25.5. The van der Waals surface area contributed by atoms with E-state index >= 15 is 0 Å². The summed E-state index contributed by atoms with van der Waals surface area (Å²) in [5.74, 6) is 3.31. The van der Waals surface area contributed by atoms with Gasteiger partial charge in [-0.05, 0) is 51.9 Å². The van der Waals surface area contributed by atoms with Crippen molar-refractivity contribution in [3.63, 3.8) is 0 Å². The molecule has 1 saturated carbocycles. The van der Waals surface area contributed by atoms with Gasteiger partial charge in [-0.3, -0.25) is 0 Å². The van der Waals surface area contributed by atoms with Gasteiger partial charge in [0.2, 0.25) is 5.89 Å². The number of hydrogen-bond donors (Lipinski definition) is 0. The largest absolute Gasteiger partial charge is 0.444 e. The fourth-order valence-corrected chi connectivity index (χ4v) is 3.08. The van der Waals surface area contributed by atoms with E-state index < -0.39 is 5.60 Å². The van der Waals surface area contributed by atoms with Gasteiger partial charge in [0.05, 0.1) is 0 Å². The van der Waals surface area contributed by atoms with E-state index in [0.717, 1.165) is 44.1 Å². The summed E-state index contributed by atoms with van der Waals surface area (Å²) >= 11 is 0. The molecule has 2 atom stereocenters. The zero-order valence-electron chi connectivity index (χ0n) is 14.5. The third-order valence-corrected chi connectivity index (χ3v) is 4.65. The highest BCUT2D eigenvalue weighted by Gasteiger charge is 2.38. The Balaban J connectivity index is 1.46. The predicted molar refractivity (Wildman–Crippen MR) is 85.1 cm³/mol. The first-order valence-electron chi connectivity index (χ1n) is 8.62. The Morgan fingerprint density at radius 1 is 1.35 bits per heavy atom. The van der Waals surface area contributed by atoms with Crippen molar-refractivity contribution in [1.29, 1.82) is 0 Å². The number of carbonyl (C=O) groups is 1. The maximum absolute atomic E-state index is 12.1. The van der Waals surface area contributed by atoms with Crippen molar-refractivity contribution in [2.45, 2.75) is 64.9 Å². The molecule has 2 heterocycles. The summed E-state index contributed by atoms with van der Waals surface area (Å²) in [6.45, 7) is 9.37. The molecule has 23 heavy (non-hydrogen) atoms. The highest BCUT2D eigenvalue weighted by atomic mass is 16.6. The van der Waals surface area contributed by atoms with Crippen molar-refractivity contribution in [3.8, 4) is 0 Å². The van der Waals surface area contributed by atoms with Gasteiger partial charge >= 0.3 is 6.09 Å². The Hall–Kier alpha value is -1.59. The maximum atomic E-state index is 12.1. The van der Waals surface area contributed by atoms with Crippen LogP contribution in [0.1, 0.15) is 64.6 Å². The molecule has 6 heteroatoms. The van der Waals surface area contributed by atoms with Crippen molar-refractivity contribution in [1.82, 2.24) is 15.0 Å². The molecule has 3 rings (SSSR count). The standard InChI is InChI=1S/C17H27N3O3/c1-11-9-13(11)15-18-14(23-19-15)10-12-5-7-20(8-6-12)16(21)22-17(2,3)4/h11-13H,5-10H2,1-4H3/t11-,13+/m0/s1. The second-order valence-electron chi connectivity index (χ2n) is 7.98. The van der Waals surface area contributed by atoms with Gasteiger partial charge in [-0.15, -0.1) is 0 Å². The Kier molecular flexibility index (Phi) is 4.34. The molecule has 1 aliphatic heterocycles. The van der Waals surface area contributed by atoms with E-state index in [1.807, 2.05) is 20.8 Å². The monoisotopic (exact) mass is 321 g/mol. The Bertz CT molecular complexity index is 556. The summed E-state index contributed by atoms with van der Waals surface area (Å²) in [6.07, 6.45) is 3.69. The maximum Gasteiger partial charge on any atom is 0.410 e. The average Bonchev–Trinajstić information content (AvgIpc) is 3.01. The van der Waals surface area contributed by atoms with Crippen LogP contribution < -0.4 is 0 Å². The fourth-order valence-electron chi connectivity index (χ4n) is 3.08. The van der Waals surface area contributed by atoms with Crippen molar-refractivity contribution in [2.24, 2.45) is 11.8 Å². The topological polar surface area (TPSA) is 68.5 Å². The average molecular weight is 321 g/mol. The van der Waals surface area contributed by atoms with E-state index in [1.54, 1.807) is 4.90 Å². The molecule has 0 aromatic carbocycles. The van der Waals surface area contributed by atoms with Crippen LogP contribution in [0.25, 0.3) is 0 Å². The summed E-state index contributed by atoms with van der Waals surface area (Å²) in [7, 11) is 0. The first kappa shape index (κ1) is 16.3. The van der Waals surface area contributed by atoms with Crippen LogP contribution in [0.2, 0.25) is 0 Å². The number of likely N-dealkylation sites (tertiary alicyclic amines) is 1. The van der Waals surface area contributed by atoms with Crippen LogP contribution in [-0.4, -0.2) is 39.8 Å². The summed E-state index contributed by atoms with van der Waals surface area (Å²) in [6, 6.07) is 0. The van der Waals surface area contributed by atoms with E-state index in [1.165, 1.54) is 6.42 Å². The SMILES string of the molecule is C[C@H]1C[C@H]1c1noc(CC2CCN(C(=O)OC(C)(C)C)CC2)n1. The summed E-state index contributed by atoms with van der Waals surface area (Å²) in [5, 5.41) is 4.11. The third kappa shape index (κ3) is 4.24. The van der Waals surface area contributed by atoms with Gasteiger partial charge in [0.1, 0.15) is 5.60 Å². The number of aromatic nitrogens is 2. The number of ether oxygens (including phenoxy) is 1. The smallest absolute Gasteiger partial charge is 0.410 e. The van der Waals surface area contributed by atoms with Crippen LogP contribution in [0.5, 0.6) is 0 Å². The predicted octanol–water partition coefficient (Wildman–Crippen LogP) is 3.38. The second kappa shape index (κ2) is 6.13. The van der Waals surface area contributed by atoms with Gasteiger partial charge in [-0.25, -0.2) is 4.79 Å². The first-order chi connectivity index (χ1) is 10.8. The molecule has 2 aliphatic rings. The van der Waals surface area contributed by atoms with Crippen LogP contribution in [0.4, 0.5) is 4.79 Å². The summed E-state index contributed by atoms with van der Waals surface area (Å²) in [4.78, 5) is 18.4. The summed E-state index contributed by atoms with van der Waals surface area (Å²) in [5.41, 5.74) is -0.436. The minimum atomic E-state index is -0.436. The lowest BCUT2D eigenvalue weighted by molar-refractivity contribution is 0.0182. The van der Waals surface area contributed by atoms with Crippen LogP contribution in [0.15, 0.2) is 4.52 Å². The zero-order valence-corrected chi connectivity index (χ0v) is 14.5. The number of nitrogens with zero attached hydrogens (tertiary/aromatic N) is 3. The molecule has 0 spiro atoms. The lowest BCUT2D eigenvalue weighted by Gasteiger charge is -2.33. The first-order valence-corrected chi connectivity index (χ1v) is 8.62. The molecule has 1 aromatic heterocycles. The minimum absolute atomic E-state index is 0.209.